The number of carbonyl (C=O) groups excluding carboxylic acids is 1. The molecule has 4 nitrogen and oxygen atoms in total. The van der Waals surface area contributed by atoms with E-state index in [0.717, 1.165) is 24.2 Å². The molecule has 0 aliphatic rings. The molecule has 0 fully saturated rings. The maximum atomic E-state index is 11.6. The van der Waals surface area contributed by atoms with Gasteiger partial charge in [-0.2, -0.15) is 5.26 Å². The summed E-state index contributed by atoms with van der Waals surface area (Å²) in [6.45, 7) is 6.32. The van der Waals surface area contributed by atoms with E-state index >= 15 is 0 Å². The van der Waals surface area contributed by atoms with Crippen molar-refractivity contribution in [3.63, 3.8) is 0 Å². The molecule has 1 rings (SSSR count). The third kappa shape index (κ3) is 5.96. The average molecular weight is 285 g/mol. The number of nitriles is 1. The van der Waals surface area contributed by atoms with Crippen LogP contribution in [0.2, 0.25) is 0 Å². The van der Waals surface area contributed by atoms with Crippen molar-refractivity contribution >= 4 is 12.0 Å². The Morgan fingerprint density at radius 2 is 2.10 bits per heavy atom. The van der Waals surface area contributed by atoms with E-state index in [4.69, 9.17) is 14.7 Å². The summed E-state index contributed by atoms with van der Waals surface area (Å²) < 4.78 is 10.4. The standard InChI is InChI=1S/C17H19NO3/c1-3-5-11-20-16-8-6-14(7-9-16)12-15(13-18)17(19)21-10-4-2/h4,6-9,12H,2-3,5,10-11H2,1H3. The molecule has 0 spiro atoms. The summed E-state index contributed by atoms with van der Waals surface area (Å²) >= 11 is 0. The molecular formula is C17H19NO3. The van der Waals surface area contributed by atoms with E-state index in [9.17, 15) is 4.79 Å². The lowest BCUT2D eigenvalue weighted by Crippen LogP contribution is -2.06. The second kappa shape index (κ2) is 9.38. The Balaban J connectivity index is 2.71. The second-order valence-corrected chi connectivity index (χ2v) is 4.33. The maximum Gasteiger partial charge on any atom is 0.349 e. The second-order valence-electron chi connectivity index (χ2n) is 4.33. The molecule has 21 heavy (non-hydrogen) atoms. The van der Waals surface area contributed by atoms with Crippen LogP contribution in [0.3, 0.4) is 0 Å². The highest BCUT2D eigenvalue weighted by atomic mass is 16.5. The molecule has 110 valence electrons. The lowest BCUT2D eigenvalue weighted by atomic mass is 10.1. The van der Waals surface area contributed by atoms with E-state index in [-0.39, 0.29) is 12.2 Å². The van der Waals surface area contributed by atoms with Crippen molar-refractivity contribution in [1.82, 2.24) is 0 Å². The number of hydrogen-bond donors (Lipinski definition) is 0. The van der Waals surface area contributed by atoms with Gasteiger partial charge in [-0.25, -0.2) is 4.79 Å². The van der Waals surface area contributed by atoms with Crippen LogP contribution in [-0.2, 0) is 9.53 Å². The van der Waals surface area contributed by atoms with Crippen LogP contribution in [0.4, 0.5) is 0 Å². The molecule has 0 atom stereocenters. The predicted molar refractivity (Wildman–Crippen MR) is 81.6 cm³/mol. The molecule has 0 bridgehead atoms. The molecule has 1 aromatic rings. The lowest BCUT2D eigenvalue weighted by molar-refractivity contribution is -0.137. The van der Waals surface area contributed by atoms with E-state index < -0.39 is 5.97 Å². The van der Waals surface area contributed by atoms with Gasteiger partial charge in [0.1, 0.15) is 24.0 Å². The van der Waals surface area contributed by atoms with E-state index in [2.05, 4.69) is 13.5 Å². The van der Waals surface area contributed by atoms with Gasteiger partial charge >= 0.3 is 5.97 Å². The van der Waals surface area contributed by atoms with Gasteiger partial charge in [0.2, 0.25) is 0 Å². The van der Waals surface area contributed by atoms with Gasteiger partial charge in [-0.15, -0.1) is 0 Å². The topological polar surface area (TPSA) is 59.3 Å². The summed E-state index contributed by atoms with van der Waals surface area (Å²) in [5.74, 6) is 0.119. The zero-order valence-electron chi connectivity index (χ0n) is 12.2. The predicted octanol–water partition coefficient (Wildman–Crippen LogP) is 3.50. The van der Waals surface area contributed by atoms with Gasteiger partial charge in [0, 0.05) is 0 Å². The fraction of sp³-hybridized carbons (Fsp3) is 0.294. The van der Waals surface area contributed by atoms with E-state index in [1.54, 1.807) is 12.1 Å². The summed E-state index contributed by atoms with van der Waals surface area (Å²) in [5.41, 5.74) is 0.696. The zero-order valence-corrected chi connectivity index (χ0v) is 12.2. The number of hydrogen-bond acceptors (Lipinski definition) is 4. The minimum Gasteiger partial charge on any atom is -0.494 e. The molecular weight excluding hydrogens is 266 g/mol. The Morgan fingerprint density at radius 3 is 2.67 bits per heavy atom. The van der Waals surface area contributed by atoms with Gasteiger partial charge in [0.15, 0.2) is 0 Å². The molecule has 0 aliphatic carbocycles. The number of benzene rings is 1. The number of unbranched alkanes of at least 4 members (excludes halogenated alkanes) is 1. The SMILES string of the molecule is C=CCOC(=O)C(C#N)=Cc1ccc(OCCCC)cc1. The molecule has 0 radical (unpaired) electrons. The van der Waals surface area contributed by atoms with Crippen molar-refractivity contribution in [2.24, 2.45) is 0 Å². The molecule has 4 heteroatoms. The van der Waals surface area contributed by atoms with Crippen LogP contribution in [0.1, 0.15) is 25.3 Å². The Hall–Kier alpha value is -2.54. The van der Waals surface area contributed by atoms with Crippen LogP contribution in [0.15, 0.2) is 42.5 Å². The van der Waals surface area contributed by atoms with Gasteiger partial charge < -0.3 is 9.47 Å². The van der Waals surface area contributed by atoms with Crippen LogP contribution >= 0.6 is 0 Å². The number of nitrogens with zero attached hydrogens (tertiary/aromatic N) is 1. The summed E-state index contributed by atoms with van der Waals surface area (Å²) in [4.78, 5) is 11.6. The van der Waals surface area contributed by atoms with E-state index in [1.165, 1.54) is 12.2 Å². The van der Waals surface area contributed by atoms with Crippen LogP contribution < -0.4 is 4.74 Å². The Labute approximate surface area is 125 Å². The highest BCUT2D eigenvalue weighted by Gasteiger charge is 2.09. The van der Waals surface area contributed by atoms with E-state index in [1.807, 2.05) is 18.2 Å². The van der Waals surface area contributed by atoms with Crippen molar-refractivity contribution in [2.75, 3.05) is 13.2 Å². The Kier molecular flexibility index (Phi) is 7.37. The first-order valence-electron chi connectivity index (χ1n) is 6.84. The zero-order chi connectivity index (χ0) is 15.5. The third-order valence-electron chi connectivity index (χ3n) is 2.63. The van der Waals surface area contributed by atoms with Crippen LogP contribution in [-0.4, -0.2) is 19.2 Å². The summed E-state index contributed by atoms with van der Waals surface area (Å²) in [7, 11) is 0. The maximum absolute atomic E-state index is 11.6. The van der Waals surface area contributed by atoms with Crippen molar-refractivity contribution in [2.45, 2.75) is 19.8 Å². The van der Waals surface area contributed by atoms with Gasteiger partial charge in [-0.05, 0) is 30.2 Å². The summed E-state index contributed by atoms with van der Waals surface area (Å²) in [5, 5.41) is 8.99. The van der Waals surface area contributed by atoms with Crippen LogP contribution in [0.25, 0.3) is 6.08 Å². The van der Waals surface area contributed by atoms with Crippen molar-refractivity contribution < 1.29 is 14.3 Å². The molecule has 0 aromatic heterocycles. The van der Waals surface area contributed by atoms with Crippen molar-refractivity contribution in [3.05, 3.63) is 48.1 Å². The van der Waals surface area contributed by atoms with E-state index in [0.29, 0.717) is 6.61 Å². The third-order valence-corrected chi connectivity index (χ3v) is 2.63. The van der Waals surface area contributed by atoms with Gasteiger partial charge in [0.05, 0.1) is 6.61 Å². The summed E-state index contributed by atoms with van der Waals surface area (Å²) in [6, 6.07) is 9.04. The minimum atomic E-state index is -0.652. The quantitative estimate of drug-likeness (QED) is 0.241. The fourth-order valence-electron chi connectivity index (χ4n) is 1.51. The summed E-state index contributed by atoms with van der Waals surface area (Å²) in [6.07, 6.45) is 5.03. The highest BCUT2D eigenvalue weighted by Crippen LogP contribution is 2.15. The Morgan fingerprint density at radius 1 is 1.38 bits per heavy atom. The number of ether oxygens (including phenoxy) is 2. The monoisotopic (exact) mass is 285 g/mol. The van der Waals surface area contributed by atoms with Gasteiger partial charge in [-0.1, -0.05) is 38.1 Å². The normalized spacial score (nSPS) is 10.6. The molecule has 0 saturated carbocycles. The smallest absolute Gasteiger partial charge is 0.349 e. The van der Waals surface area contributed by atoms with Gasteiger partial charge in [0.25, 0.3) is 0 Å². The van der Waals surface area contributed by atoms with Gasteiger partial charge in [-0.3, -0.25) is 0 Å². The Bertz CT molecular complexity index is 538. The van der Waals surface area contributed by atoms with Crippen molar-refractivity contribution in [3.8, 4) is 11.8 Å². The molecule has 0 aliphatic heterocycles. The van der Waals surface area contributed by atoms with Crippen LogP contribution in [0, 0.1) is 11.3 Å². The molecule has 0 heterocycles. The molecule has 0 amide bonds. The van der Waals surface area contributed by atoms with Crippen LogP contribution in [0.5, 0.6) is 5.75 Å². The first-order chi connectivity index (χ1) is 10.2. The molecule has 0 N–H and O–H groups in total. The minimum absolute atomic E-state index is 0.0449. The number of esters is 1. The van der Waals surface area contributed by atoms with Crippen molar-refractivity contribution in [1.29, 1.82) is 5.26 Å². The molecule has 0 unspecified atom stereocenters. The first kappa shape index (κ1) is 16.5. The fourth-order valence-corrected chi connectivity index (χ4v) is 1.51. The molecule has 1 aromatic carbocycles. The lowest BCUT2D eigenvalue weighted by Gasteiger charge is -2.05. The number of carbonyl (C=O) groups is 1. The molecule has 0 saturated heterocycles. The largest absolute Gasteiger partial charge is 0.494 e. The average Bonchev–Trinajstić information content (AvgIpc) is 2.52. The number of rotatable bonds is 8. The highest BCUT2D eigenvalue weighted by molar-refractivity contribution is 5.97. The first-order valence-corrected chi connectivity index (χ1v) is 6.84.